The number of aliphatic hydroxyl groups excluding tert-OH is 5. The van der Waals surface area contributed by atoms with Crippen LogP contribution in [0, 0.1) is 0 Å². The van der Waals surface area contributed by atoms with Crippen LogP contribution in [0.4, 0.5) is 0 Å². The number of nitrogens with zero attached hydrogens (tertiary/aromatic N) is 1. The summed E-state index contributed by atoms with van der Waals surface area (Å²) in [6.45, 7) is 5.00. The Kier molecular flexibility index (Phi) is 12.1. The minimum absolute atomic E-state index is 0.0820. The van der Waals surface area contributed by atoms with E-state index in [-0.39, 0.29) is 43.2 Å². The average Bonchev–Trinajstić information content (AvgIpc) is 3.34. The van der Waals surface area contributed by atoms with E-state index in [1.54, 1.807) is 6.92 Å². The molecule has 0 unspecified atom stereocenters. The molecular weight excluding hydrogens is 536 g/mol. The summed E-state index contributed by atoms with van der Waals surface area (Å²) in [7, 11) is 0. The topological polar surface area (TPSA) is 206 Å². The highest BCUT2D eigenvalue weighted by molar-refractivity contribution is 5.87. The largest absolute Gasteiger partial charge is 0.443 e. The number of amides is 2. The number of hydrogen-bond acceptors (Lipinski definition) is 10. The molecule has 1 fully saturated rings. The lowest BCUT2D eigenvalue weighted by molar-refractivity contribution is -0.278. The van der Waals surface area contributed by atoms with E-state index in [1.165, 1.54) is 0 Å². The van der Waals surface area contributed by atoms with E-state index in [9.17, 15) is 30.0 Å². The van der Waals surface area contributed by atoms with Crippen molar-refractivity contribution in [2.24, 2.45) is 0 Å². The van der Waals surface area contributed by atoms with E-state index >= 15 is 0 Å². The Hall–Kier alpha value is -3.07. The average molecular weight is 579 g/mol. The molecular formula is C28H42N4O9. The Bertz CT molecular complexity index is 1120. The van der Waals surface area contributed by atoms with Crippen molar-refractivity contribution in [1.82, 2.24) is 20.8 Å². The van der Waals surface area contributed by atoms with Gasteiger partial charge in [0.25, 0.3) is 0 Å². The first-order valence-electron chi connectivity index (χ1n) is 13.9. The second-order valence-corrected chi connectivity index (χ2v) is 10.5. The zero-order chi connectivity index (χ0) is 30.1. The maximum Gasteiger partial charge on any atom is 0.242 e. The maximum atomic E-state index is 12.2. The van der Waals surface area contributed by atoms with Crippen molar-refractivity contribution < 1.29 is 44.6 Å². The van der Waals surface area contributed by atoms with Crippen LogP contribution in [-0.4, -0.2) is 104 Å². The molecule has 0 radical (unpaired) electrons. The van der Waals surface area contributed by atoms with E-state index in [0.29, 0.717) is 19.3 Å². The van der Waals surface area contributed by atoms with Crippen LogP contribution < -0.4 is 15.4 Å². The minimum atomic E-state index is -1.56. The van der Waals surface area contributed by atoms with Gasteiger partial charge in [0.05, 0.1) is 13.2 Å². The molecule has 2 amide bonds. The number of benzene rings is 1. The quantitative estimate of drug-likeness (QED) is 0.141. The summed E-state index contributed by atoms with van der Waals surface area (Å²) in [6, 6.07) is 7.22. The zero-order valence-corrected chi connectivity index (χ0v) is 23.6. The SMILES string of the molecule is CC(C)c1[nH]nc(O[C@@H]2O[C@H](CO)[C@@H](O)[C@H](O)[C@H]2O)c1Cc1ccc(CCCC(=O)N[C@@H](C)C(=O)NCCO)cc1. The number of aliphatic hydroxyl groups is 5. The molecule has 6 atom stereocenters. The number of hydrogen-bond donors (Lipinski definition) is 8. The van der Waals surface area contributed by atoms with E-state index in [1.807, 2.05) is 38.1 Å². The molecule has 1 aliphatic rings. The first kappa shape index (κ1) is 32.4. The summed E-state index contributed by atoms with van der Waals surface area (Å²) >= 11 is 0. The highest BCUT2D eigenvalue weighted by Crippen LogP contribution is 2.31. The maximum absolute atomic E-state index is 12.2. The molecule has 0 saturated carbocycles. The fourth-order valence-electron chi connectivity index (χ4n) is 4.57. The molecule has 1 aliphatic heterocycles. The third-order valence-corrected chi connectivity index (χ3v) is 6.97. The molecule has 3 rings (SSSR count). The molecule has 1 saturated heterocycles. The molecule has 2 heterocycles. The molecule has 2 aromatic rings. The lowest BCUT2D eigenvalue weighted by Crippen LogP contribution is -2.60. The lowest BCUT2D eigenvalue weighted by atomic mass is 9.97. The van der Waals surface area contributed by atoms with Crippen molar-refractivity contribution in [3.8, 4) is 5.88 Å². The predicted octanol–water partition coefficient (Wildman–Crippen LogP) is -0.761. The number of carbonyl (C=O) groups excluding carboxylic acids is 2. The molecule has 13 heteroatoms. The summed E-state index contributed by atoms with van der Waals surface area (Å²) in [5.41, 5.74) is 3.60. The lowest BCUT2D eigenvalue weighted by Gasteiger charge is -2.39. The van der Waals surface area contributed by atoms with Crippen molar-refractivity contribution in [2.45, 2.75) is 89.1 Å². The van der Waals surface area contributed by atoms with Gasteiger partial charge in [-0.1, -0.05) is 38.1 Å². The molecule has 0 spiro atoms. The number of aromatic nitrogens is 2. The molecule has 8 N–H and O–H groups in total. The van der Waals surface area contributed by atoms with Gasteiger partial charge in [0, 0.05) is 30.6 Å². The second kappa shape index (κ2) is 15.2. The highest BCUT2D eigenvalue weighted by Gasteiger charge is 2.45. The molecule has 228 valence electrons. The van der Waals surface area contributed by atoms with Crippen LogP contribution in [0.2, 0.25) is 0 Å². The fourth-order valence-corrected chi connectivity index (χ4v) is 4.57. The summed E-state index contributed by atoms with van der Waals surface area (Å²) in [6.07, 6.45) is -5.03. The summed E-state index contributed by atoms with van der Waals surface area (Å²) < 4.78 is 11.3. The van der Waals surface area contributed by atoms with Crippen molar-refractivity contribution in [2.75, 3.05) is 19.8 Å². The summed E-state index contributed by atoms with van der Waals surface area (Å²) in [5.74, 6) is -0.296. The van der Waals surface area contributed by atoms with Gasteiger partial charge in [-0.15, -0.1) is 5.10 Å². The van der Waals surface area contributed by atoms with E-state index in [2.05, 4.69) is 20.8 Å². The number of H-pyrrole nitrogens is 1. The Balaban J connectivity index is 1.59. The number of rotatable bonds is 14. The molecule has 0 aliphatic carbocycles. The van der Waals surface area contributed by atoms with Crippen molar-refractivity contribution in [3.05, 3.63) is 46.6 Å². The van der Waals surface area contributed by atoms with Gasteiger partial charge in [0.15, 0.2) is 0 Å². The Morgan fingerprint density at radius 2 is 1.73 bits per heavy atom. The van der Waals surface area contributed by atoms with Crippen LogP contribution in [0.15, 0.2) is 24.3 Å². The van der Waals surface area contributed by atoms with Crippen molar-refractivity contribution in [3.63, 3.8) is 0 Å². The minimum Gasteiger partial charge on any atom is -0.443 e. The van der Waals surface area contributed by atoms with Gasteiger partial charge in [-0.05, 0) is 36.8 Å². The van der Waals surface area contributed by atoms with Crippen molar-refractivity contribution in [1.29, 1.82) is 0 Å². The van der Waals surface area contributed by atoms with E-state index in [0.717, 1.165) is 22.4 Å². The number of ether oxygens (including phenoxy) is 2. The monoisotopic (exact) mass is 578 g/mol. The highest BCUT2D eigenvalue weighted by atomic mass is 16.7. The van der Waals surface area contributed by atoms with Crippen molar-refractivity contribution >= 4 is 11.8 Å². The Morgan fingerprint density at radius 1 is 1.05 bits per heavy atom. The van der Waals surface area contributed by atoms with Gasteiger partial charge in [-0.3, -0.25) is 14.7 Å². The third-order valence-electron chi connectivity index (χ3n) is 6.97. The smallest absolute Gasteiger partial charge is 0.242 e. The van der Waals surface area contributed by atoms with Gasteiger partial charge in [0.2, 0.25) is 24.0 Å². The number of aryl methyl sites for hydroxylation is 1. The second-order valence-electron chi connectivity index (χ2n) is 10.5. The Morgan fingerprint density at radius 3 is 2.37 bits per heavy atom. The molecule has 1 aromatic heterocycles. The first-order valence-corrected chi connectivity index (χ1v) is 13.9. The van der Waals surface area contributed by atoms with Crippen LogP contribution in [0.5, 0.6) is 5.88 Å². The van der Waals surface area contributed by atoms with E-state index in [4.69, 9.17) is 14.6 Å². The van der Waals surface area contributed by atoms with Crippen LogP contribution in [0.3, 0.4) is 0 Å². The Labute approximate surface area is 238 Å². The number of carbonyl (C=O) groups is 2. The van der Waals surface area contributed by atoms with Gasteiger partial charge in [-0.25, -0.2) is 0 Å². The number of nitrogens with one attached hydrogen (secondary N) is 3. The van der Waals surface area contributed by atoms with Crippen LogP contribution in [0.25, 0.3) is 0 Å². The van der Waals surface area contributed by atoms with Gasteiger partial charge in [-0.2, -0.15) is 0 Å². The molecule has 13 nitrogen and oxygen atoms in total. The predicted molar refractivity (Wildman–Crippen MR) is 147 cm³/mol. The molecule has 41 heavy (non-hydrogen) atoms. The summed E-state index contributed by atoms with van der Waals surface area (Å²) in [4.78, 5) is 24.0. The van der Waals surface area contributed by atoms with E-state index < -0.39 is 43.4 Å². The summed E-state index contributed by atoms with van der Waals surface area (Å²) in [5, 5.41) is 61.2. The van der Waals surface area contributed by atoms with Crippen LogP contribution >= 0.6 is 0 Å². The molecule has 1 aromatic carbocycles. The van der Waals surface area contributed by atoms with Crippen LogP contribution in [0.1, 0.15) is 61.9 Å². The number of aromatic amines is 1. The van der Waals surface area contributed by atoms with Gasteiger partial charge < -0.3 is 45.6 Å². The van der Waals surface area contributed by atoms with Gasteiger partial charge >= 0.3 is 0 Å². The first-order chi connectivity index (χ1) is 19.5. The normalized spacial score (nSPS) is 23.3. The van der Waals surface area contributed by atoms with Gasteiger partial charge in [0.1, 0.15) is 30.5 Å². The third kappa shape index (κ3) is 8.71. The molecule has 0 bridgehead atoms. The standard InChI is InChI=1S/C28H42N4O9/c1-15(2)22-19(27(32-31-22)41-28-25(38)24(37)23(36)20(14-34)40-28)13-18-9-7-17(8-10-18)5-4-6-21(35)30-16(3)26(39)29-11-12-33/h7-10,15-16,20,23-25,28,33-34,36-38H,4-6,11-14H2,1-3H3,(H,29,39)(H,30,35)(H,31,32)/t16-,20+,23+,24-,25+,28-/m0/s1. The van der Waals surface area contributed by atoms with Crippen LogP contribution in [-0.2, 0) is 27.2 Å². The zero-order valence-electron chi connectivity index (χ0n) is 23.6. The fraction of sp³-hybridized carbons (Fsp3) is 0.607.